The van der Waals surface area contributed by atoms with Crippen molar-refractivity contribution >= 4 is 17.7 Å². The molecule has 0 aromatic rings. The number of amides is 1. The molecule has 110 valence electrons. The molecule has 19 heavy (non-hydrogen) atoms. The molecule has 2 rings (SSSR count). The van der Waals surface area contributed by atoms with E-state index in [1.54, 1.807) is 11.8 Å². The third kappa shape index (κ3) is 3.66. The first-order chi connectivity index (χ1) is 9.03. The van der Waals surface area contributed by atoms with Crippen LogP contribution in [0.25, 0.3) is 0 Å². The van der Waals surface area contributed by atoms with Crippen molar-refractivity contribution in [1.29, 1.82) is 0 Å². The zero-order valence-electron chi connectivity index (χ0n) is 12.2. The van der Waals surface area contributed by atoms with E-state index < -0.39 is 5.60 Å². The van der Waals surface area contributed by atoms with Crippen LogP contribution in [0.3, 0.4) is 0 Å². The minimum atomic E-state index is -1.12. The molecule has 3 atom stereocenters. The van der Waals surface area contributed by atoms with Gasteiger partial charge >= 0.3 is 0 Å². The second-order valence-electron chi connectivity index (χ2n) is 6.35. The standard InChI is InChI=1S/C15H27NO2S/c1-11(13-6-4-3-5-7-13)12(2)16-14(17)15(18)8-9-19-10-15/h11-13,18H,3-10H2,1-2H3,(H,16,17). The van der Waals surface area contributed by atoms with Crippen molar-refractivity contribution in [3.63, 3.8) is 0 Å². The highest BCUT2D eigenvalue weighted by Crippen LogP contribution is 2.32. The van der Waals surface area contributed by atoms with Crippen LogP contribution in [0, 0.1) is 11.8 Å². The summed E-state index contributed by atoms with van der Waals surface area (Å²) < 4.78 is 0. The predicted octanol–water partition coefficient (Wildman–Crippen LogP) is 2.58. The summed E-state index contributed by atoms with van der Waals surface area (Å²) in [6.07, 6.45) is 7.20. The van der Waals surface area contributed by atoms with Gasteiger partial charge in [-0.2, -0.15) is 11.8 Å². The van der Waals surface area contributed by atoms with E-state index in [2.05, 4.69) is 19.2 Å². The molecule has 2 aliphatic rings. The number of thioether (sulfide) groups is 1. The van der Waals surface area contributed by atoms with Gasteiger partial charge in [0.25, 0.3) is 5.91 Å². The van der Waals surface area contributed by atoms with E-state index >= 15 is 0 Å². The van der Waals surface area contributed by atoms with Crippen LogP contribution >= 0.6 is 11.8 Å². The fourth-order valence-electron chi connectivity index (χ4n) is 3.27. The summed E-state index contributed by atoms with van der Waals surface area (Å²) in [5, 5.41) is 13.3. The molecule has 1 saturated heterocycles. The second kappa shape index (κ2) is 6.49. The summed E-state index contributed by atoms with van der Waals surface area (Å²) in [5.41, 5.74) is -1.12. The lowest BCUT2D eigenvalue weighted by molar-refractivity contribution is -0.138. The maximum absolute atomic E-state index is 12.2. The van der Waals surface area contributed by atoms with E-state index in [1.165, 1.54) is 32.1 Å². The molecule has 1 amide bonds. The van der Waals surface area contributed by atoms with Gasteiger partial charge in [0.15, 0.2) is 5.60 Å². The van der Waals surface area contributed by atoms with Gasteiger partial charge in [0.2, 0.25) is 0 Å². The van der Waals surface area contributed by atoms with Crippen molar-refractivity contribution in [2.75, 3.05) is 11.5 Å². The molecule has 2 fully saturated rings. The van der Waals surface area contributed by atoms with Crippen LogP contribution in [-0.4, -0.2) is 34.2 Å². The Kier molecular flexibility index (Phi) is 5.18. The molecule has 3 nitrogen and oxygen atoms in total. The van der Waals surface area contributed by atoms with E-state index in [1.807, 2.05) is 0 Å². The Hall–Kier alpha value is -0.220. The van der Waals surface area contributed by atoms with Crippen LogP contribution in [0.2, 0.25) is 0 Å². The van der Waals surface area contributed by atoms with E-state index in [0.717, 1.165) is 11.7 Å². The summed E-state index contributed by atoms with van der Waals surface area (Å²) in [6.45, 7) is 4.33. The van der Waals surface area contributed by atoms with Gasteiger partial charge in [0.1, 0.15) is 0 Å². The Balaban J connectivity index is 1.85. The SMILES string of the molecule is CC(NC(=O)C1(O)CCSC1)C(C)C1CCCCC1. The number of hydrogen-bond acceptors (Lipinski definition) is 3. The van der Waals surface area contributed by atoms with E-state index in [4.69, 9.17) is 0 Å². The average molecular weight is 285 g/mol. The largest absolute Gasteiger partial charge is 0.379 e. The van der Waals surface area contributed by atoms with E-state index in [-0.39, 0.29) is 11.9 Å². The van der Waals surface area contributed by atoms with Gasteiger partial charge in [-0.15, -0.1) is 0 Å². The average Bonchev–Trinajstić information content (AvgIpc) is 2.87. The van der Waals surface area contributed by atoms with Crippen LogP contribution in [0.15, 0.2) is 0 Å². The Bertz CT molecular complexity index is 309. The van der Waals surface area contributed by atoms with Crippen LogP contribution in [0.1, 0.15) is 52.4 Å². The van der Waals surface area contributed by atoms with Crippen molar-refractivity contribution < 1.29 is 9.90 Å². The maximum atomic E-state index is 12.2. The number of carbonyl (C=O) groups is 1. The molecule has 1 aliphatic carbocycles. The third-order valence-corrected chi connectivity index (χ3v) is 6.14. The van der Waals surface area contributed by atoms with Gasteiger partial charge in [0.05, 0.1) is 0 Å². The summed E-state index contributed by atoms with van der Waals surface area (Å²) >= 11 is 1.66. The highest BCUT2D eigenvalue weighted by molar-refractivity contribution is 7.99. The molecule has 1 aliphatic heterocycles. The predicted molar refractivity (Wildman–Crippen MR) is 80.2 cm³/mol. The molecule has 1 heterocycles. The van der Waals surface area contributed by atoms with Gasteiger partial charge in [-0.25, -0.2) is 0 Å². The summed E-state index contributed by atoms with van der Waals surface area (Å²) in [7, 11) is 0. The highest BCUT2D eigenvalue weighted by Gasteiger charge is 2.40. The van der Waals surface area contributed by atoms with Crippen molar-refractivity contribution in [3.8, 4) is 0 Å². The molecule has 0 spiro atoms. The molecule has 1 saturated carbocycles. The Morgan fingerprint density at radius 3 is 2.58 bits per heavy atom. The van der Waals surface area contributed by atoms with Crippen molar-refractivity contribution in [2.24, 2.45) is 11.8 Å². The lowest BCUT2D eigenvalue weighted by Gasteiger charge is -2.33. The fraction of sp³-hybridized carbons (Fsp3) is 0.933. The molecule has 3 unspecified atom stereocenters. The first kappa shape index (κ1) is 15.2. The monoisotopic (exact) mass is 285 g/mol. The highest BCUT2D eigenvalue weighted by atomic mass is 32.2. The first-order valence-electron chi connectivity index (χ1n) is 7.64. The summed E-state index contributed by atoms with van der Waals surface area (Å²) in [4.78, 5) is 12.2. The molecule has 0 bridgehead atoms. The quantitative estimate of drug-likeness (QED) is 0.834. The van der Waals surface area contributed by atoms with Crippen molar-refractivity contribution in [2.45, 2.75) is 64.0 Å². The molecular weight excluding hydrogens is 258 g/mol. The molecular formula is C15H27NO2S. The number of carbonyl (C=O) groups excluding carboxylic acids is 1. The lowest BCUT2D eigenvalue weighted by atomic mass is 9.78. The van der Waals surface area contributed by atoms with Crippen LogP contribution in [0.5, 0.6) is 0 Å². The zero-order valence-corrected chi connectivity index (χ0v) is 13.0. The van der Waals surface area contributed by atoms with Crippen molar-refractivity contribution in [3.05, 3.63) is 0 Å². The molecule has 2 N–H and O–H groups in total. The Morgan fingerprint density at radius 1 is 1.32 bits per heavy atom. The smallest absolute Gasteiger partial charge is 0.253 e. The molecule has 0 aromatic heterocycles. The molecule has 0 aromatic carbocycles. The lowest BCUT2D eigenvalue weighted by Crippen LogP contribution is -2.52. The first-order valence-corrected chi connectivity index (χ1v) is 8.79. The Morgan fingerprint density at radius 2 is 2.00 bits per heavy atom. The van der Waals surface area contributed by atoms with E-state index in [9.17, 15) is 9.90 Å². The van der Waals surface area contributed by atoms with Crippen molar-refractivity contribution in [1.82, 2.24) is 5.32 Å². The summed E-state index contributed by atoms with van der Waals surface area (Å²) in [5.74, 6) is 2.51. The minimum absolute atomic E-state index is 0.158. The zero-order chi connectivity index (χ0) is 13.9. The second-order valence-corrected chi connectivity index (χ2v) is 7.46. The summed E-state index contributed by atoms with van der Waals surface area (Å²) in [6, 6.07) is 0.158. The topological polar surface area (TPSA) is 49.3 Å². The number of hydrogen-bond donors (Lipinski definition) is 2. The minimum Gasteiger partial charge on any atom is -0.379 e. The third-order valence-electron chi connectivity index (χ3n) is 4.96. The van der Waals surface area contributed by atoms with Crippen LogP contribution < -0.4 is 5.32 Å². The normalized spacial score (nSPS) is 31.9. The van der Waals surface area contributed by atoms with Gasteiger partial charge in [-0.05, 0) is 30.9 Å². The molecule has 0 radical (unpaired) electrons. The van der Waals surface area contributed by atoms with E-state index in [0.29, 0.717) is 18.1 Å². The van der Waals surface area contributed by atoms with Crippen LogP contribution in [-0.2, 0) is 4.79 Å². The van der Waals surface area contributed by atoms with Crippen LogP contribution in [0.4, 0.5) is 0 Å². The number of nitrogens with one attached hydrogen (secondary N) is 1. The van der Waals surface area contributed by atoms with Gasteiger partial charge < -0.3 is 10.4 Å². The van der Waals surface area contributed by atoms with Gasteiger partial charge in [-0.3, -0.25) is 4.79 Å². The Labute approximate surface area is 120 Å². The maximum Gasteiger partial charge on any atom is 0.253 e. The van der Waals surface area contributed by atoms with Gasteiger partial charge in [-0.1, -0.05) is 39.0 Å². The number of aliphatic hydroxyl groups is 1. The van der Waals surface area contributed by atoms with Gasteiger partial charge in [0, 0.05) is 11.8 Å². The fourth-order valence-corrected chi connectivity index (χ4v) is 4.51. The molecule has 4 heteroatoms. The number of rotatable bonds is 4.